The van der Waals surface area contributed by atoms with E-state index in [0.29, 0.717) is 5.95 Å². The van der Waals surface area contributed by atoms with Crippen LogP contribution in [0.5, 0.6) is 5.75 Å². The van der Waals surface area contributed by atoms with E-state index in [1.54, 1.807) is 12.5 Å². The van der Waals surface area contributed by atoms with Crippen LogP contribution in [0.15, 0.2) is 53.3 Å². The minimum Gasteiger partial charge on any atom is -0.492 e. The van der Waals surface area contributed by atoms with E-state index in [1.165, 1.54) is 25.9 Å². The Bertz CT molecular complexity index is 905. The normalized spacial score (nSPS) is 14.1. The molecule has 3 heterocycles. The number of rotatable bonds is 8. The summed E-state index contributed by atoms with van der Waals surface area (Å²) in [5, 5.41) is 3.26. The molecular weight excluding hydrogens is 366 g/mol. The lowest BCUT2D eigenvalue weighted by Gasteiger charge is -2.18. The summed E-state index contributed by atoms with van der Waals surface area (Å²) in [5.74, 6) is 2.93. The van der Waals surface area contributed by atoms with E-state index in [2.05, 4.69) is 20.2 Å². The monoisotopic (exact) mass is 393 g/mol. The third kappa shape index (κ3) is 4.86. The molecule has 3 aromatic rings. The second-order valence-electron chi connectivity index (χ2n) is 7.26. The van der Waals surface area contributed by atoms with Gasteiger partial charge in [-0.05, 0) is 63.2 Å². The molecule has 1 aromatic carbocycles. The number of aromatic nitrogens is 2. The maximum atomic E-state index is 5.86. The van der Waals surface area contributed by atoms with Crippen LogP contribution < -0.4 is 15.0 Å². The number of hydrogen-bond acceptors (Lipinski definition) is 7. The van der Waals surface area contributed by atoms with Crippen molar-refractivity contribution in [3.8, 4) is 5.75 Å². The molecule has 1 saturated heterocycles. The molecule has 152 valence electrons. The lowest BCUT2D eigenvalue weighted by Crippen LogP contribution is -2.25. The van der Waals surface area contributed by atoms with Crippen molar-refractivity contribution in [3.63, 3.8) is 0 Å². The van der Waals surface area contributed by atoms with Gasteiger partial charge < -0.3 is 14.5 Å². The quantitative estimate of drug-likeness (QED) is 0.610. The number of ether oxygens (including phenoxy) is 1. The van der Waals surface area contributed by atoms with E-state index < -0.39 is 0 Å². The van der Waals surface area contributed by atoms with E-state index in [1.807, 2.05) is 55.3 Å². The van der Waals surface area contributed by atoms with Gasteiger partial charge in [0.2, 0.25) is 11.8 Å². The number of furan rings is 1. The van der Waals surface area contributed by atoms with Crippen LogP contribution in [0.2, 0.25) is 0 Å². The van der Waals surface area contributed by atoms with Gasteiger partial charge in [-0.3, -0.25) is 9.80 Å². The molecule has 7 nitrogen and oxygen atoms in total. The van der Waals surface area contributed by atoms with Gasteiger partial charge in [0.15, 0.2) is 0 Å². The van der Waals surface area contributed by atoms with Crippen molar-refractivity contribution in [2.45, 2.75) is 19.8 Å². The third-order valence-corrected chi connectivity index (χ3v) is 5.08. The lowest BCUT2D eigenvalue weighted by atomic mass is 10.3. The van der Waals surface area contributed by atoms with Gasteiger partial charge in [0.1, 0.15) is 18.2 Å². The van der Waals surface area contributed by atoms with E-state index in [-0.39, 0.29) is 0 Å². The largest absolute Gasteiger partial charge is 0.492 e. The Hall–Kier alpha value is -3.06. The molecular formula is C22H27N5O2. The van der Waals surface area contributed by atoms with Crippen LogP contribution in [0.25, 0.3) is 0 Å². The van der Waals surface area contributed by atoms with Crippen molar-refractivity contribution < 1.29 is 9.15 Å². The Labute approximate surface area is 171 Å². The number of nitrogens with zero attached hydrogens (tertiary/aromatic N) is 4. The van der Waals surface area contributed by atoms with Crippen LogP contribution >= 0.6 is 0 Å². The van der Waals surface area contributed by atoms with Gasteiger partial charge in [0, 0.05) is 37.1 Å². The fourth-order valence-electron chi connectivity index (χ4n) is 3.46. The van der Waals surface area contributed by atoms with Crippen molar-refractivity contribution in [2.75, 3.05) is 43.5 Å². The number of hydrogen-bond donors (Lipinski definition) is 1. The highest BCUT2D eigenvalue weighted by Crippen LogP contribution is 2.26. The molecule has 0 aliphatic carbocycles. The first-order valence-corrected chi connectivity index (χ1v) is 10.0. The summed E-state index contributed by atoms with van der Waals surface area (Å²) in [6.07, 6.45) is 6.07. The van der Waals surface area contributed by atoms with Gasteiger partial charge in [-0.25, -0.2) is 4.98 Å². The number of aryl methyl sites for hydroxylation is 1. The Balaban J connectivity index is 1.36. The van der Waals surface area contributed by atoms with E-state index in [4.69, 9.17) is 9.15 Å². The Morgan fingerprint density at radius 3 is 2.69 bits per heavy atom. The zero-order valence-electron chi connectivity index (χ0n) is 17.0. The fourth-order valence-corrected chi connectivity index (χ4v) is 3.46. The molecule has 0 radical (unpaired) electrons. The van der Waals surface area contributed by atoms with Gasteiger partial charge >= 0.3 is 0 Å². The highest BCUT2D eigenvalue weighted by molar-refractivity contribution is 5.61. The highest BCUT2D eigenvalue weighted by Gasteiger charge is 2.13. The second kappa shape index (κ2) is 8.96. The number of nitrogens with one attached hydrogen (secondary N) is 1. The molecule has 1 fully saturated rings. The van der Waals surface area contributed by atoms with E-state index in [9.17, 15) is 0 Å². The van der Waals surface area contributed by atoms with Crippen LogP contribution in [0, 0.1) is 6.92 Å². The van der Waals surface area contributed by atoms with Crippen molar-refractivity contribution in [1.82, 2.24) is 14.9 Å². The molecule has 0 amide bonds. The molecule has 7 heteroatoms. The molecule has 29 heavy (non-hydrogen) atoms. The molecule has 0 saturated carbocycles. The smallest absolute Gasteiger partial charge is 0.229 e. The SMILES string of the molecule is Cc1cnc(Nc2ccc(OCCN3CCCC3)cc2)nc1N(C)c1ccco1. The van der Waals surface area contributed by atoms with Gasteiger partial charge in [0.05, 0.1) is 6.26 Å². The summed E-state index contributed by atoms with van der Waals surface area (Å²) in [5.41, 5.74) is 1.88. The Morgan fingerprint density at radius 2 is 1.97 bits per heavy atom. The van der Waals surface area contributed by atoms with Crippen molar-refractivity contribution in [2.24, 2.45) is 0 Å². The van der Waals surface area contributed by atoms with Crippen LogP contribution in [0.1, 0.15) is 18.4 Å². The first kappa shape index (κ1) is 19.3. The zero-order chi connectivity index (χ0) is 20.1. The van der Waals surface area contributed by atoms with E-state index in [0.717, 1.165) is 41.9 Å². The lowest BCUT2D eigenvalue weighted by molar-refractivity contribution is 0.238. The summed E-state index contributed by atoms with van der Waals surface area (Å²) in [6.45, 7) is 6.08. The fraction of sp³-hybridized carbons (Fsp3) is 0.364. The Kier molecular flexibility index (Phi) is 5.95. The molecule has 1 N–H and O–H groups in total. The maximum Gasteiger partial charge on any atom is 0.229 e. The summed E-state index contributed by atoms with van der Waals surface area (Å²) >= 11 is 0. The average molecular weight is 393 g/mol. The third-order valence-electron chi connectivity index (χ3n) is 5.08. The Morgan fingerprint density at radius 1 is 1.17 bits per heavy atom. The molecule has 0 spiro atoms. The number of benzene rings is 1. The summed E-state index contributed by atoms with van der Waals surface area (Å²) < 4.78 is 11.3. The highest BCUT2D eigenvalue weighted by atomic mass is 16.5. The minimum absolute atomic E-state index is 0.534. The van der Waals surface area contributed by atoms with Crippen LogP contribution in [0.3, 0.4) is 0 Å². The second-order valence-corrected chi connectivity index (χ2v) is 7.26. The average Bonchev–Trinajstić information content (AvgIpc) is 3.44. The number of likely N-dealkylation sites (tertiary alicyclic amines) is 1. The topological polar surface area (TPSA) is 66.7 Å². The zero-order valence-corrected chi connectivity index (χ0v) is 17.0. The molecule has 1 aliphatic heterocycles. The summed E-state index contributed by atoms with van der Waals surface area (Å²) in [7, 11) is 1.92. The standard InChI is InChI=1S/C22H27N5O2/c1-17-16-23-22(25-21(17)26(2)20-6-5-14-29-20)24-18-7-9-19(10-8-18)28-15-13-27-11-3-4-12-27/h5-10,14,16H,3-4,11-13,15H2,1-2H3,(H,23,24,25). The predicted octanol–water partition coefficient (Wildman–Crippen LogP) is 4.36. The molecule has 0 unspecified atom stereocenters. The number of anilines is 4. The van der Waals surface area contributed by atoms with E-state index >= 15 is 0 Å². The van der Waals surface area contributed by atoms with Crippen molar-refractivity contribution in [1.29, 1.82) is 0 Å². The minimum atomic E-state index is 0.534. The van der Waals surface area contributed by atoms with Gasteiger partial charge in [0.25, 0.3) is 0 Å². The van der Waals surface area contributed by atoms with Crippen molar-refractivity contribution in [3.05, 3.63) is 54.4 Å². The maximum absolute atomic E-state index is 5.86. The van der Waals surface area contributed by atoms with Crippen LogP contribution in [0.4, 0.5) is 23.3 Å². The predicted molar refractivity (Wildman–Crippen MR) is 114 cm³/mol. The van der Waals surface area contributed by atoms with Gasteiger partial charge in [-0.1, -0.05) is 0 Å². The van der Waals surface area contributed by atoms with Crippen LogP contribution in [-0.2, 0) is 0 Å². The van der Waals surface area contributed by atoms with Crippen molar-refractivity contribution >= 4 is 23.3 Å². The van der Waals surface area contributed by atoms with Gasteiger partial charge in [-0.2, -0.15) is 4.98 Å². The molecule has 0 bridgehead atoms. The van der Waals surface area contributed by atoms with Crippen LogP contribution in [-0.4, -0.2) is 48.2 Å². The molecule has 4 rings (SSSR count). The molecule has 2 aromatic heterocycles. The first-order chi connectivity index (χ1) is 14.2. The first-order valence-electron chi connectivity index (χ1n) is 10.0. The summed E-state index contributed by atoms with van der Waals surface area (Å²) in [4.78, 5) is 13.4. The van der Waals surface area contributed by atoms with Gasteiger partial charge in [-0.15, -0.1) is 0 Å². The summed E-state index contributed by atoms with van der Waals surface area (Å²) in [6, 6.07) is 11.6. The molecule has 1 aliphatic rings. The molecule has 0 atom stereocenters.